The molecule has 1 heterocycles. The second-order valence-corrected chi connectivity index (χ2v) is 5.93. The minimum atomic E-state index is 0.676. The lowest BCUT2D eigenvalue weighted by atomic mass is 10.2. The predicted molar refractivity (Wildman–Crippen MR) is 79.9 cm³/mol. The Balaban J connectivity index is 1.65. The molecular weight excluding hydrogens is 279 g/mol. The van der Waals surface area contributed by atoms with Crippen LogP contribution in [0.15, 0.2) is 36.7 Å². The number of rotatable bonds is 5. The molecule has 1 aliphatic rings. The molecule has 0 atom stereocenters. The Labute approximate surface area is 123 Å². The summed E-state index contributed by atoms with van der Waals surface area (Å²) in [6, 6.07) is 8.54. The zero-order valence-electron chi connectivity index (χ0n) is 10.6. The van der Waals surface area contributed by atoms with Crippen molar-refractivity contribution in [2.24, 2.45) is 0 Å². The summed E-state index contributed by atoms with van der Waals surface area (Å²) in [6.45, 7) is 1.73. The van der Waals surface area contributed by atoms with E-state index in [1.807, 2.05) is 12.1 Å². The van der Waals surface area contributed by atoms with Gasteiger partial charge in [0.2, 0.25) is 0 Å². The van der Waals surface area contributed by atoms with Gasteiger partial charge in [0.15, 0.2) is 0 Å². The second-order valence-electron chi connectivity index (χ2n) is 5.08. The molecule has 0 spiro atoms. The first-order valence-electron chi connectivity index (χ1n) is 6.53. The highest BCUT2D eigenvalue weighted by Gasteiger charge is 2.19. The van der Waals surface area contributed by atoms with E-state index in [0.717, 1.165) is 29.7 Å². The van der Waals surface area contributed by atoms with Crippen molar-refractivity contribution >= 4 is 23.2 Å². The summed E-state index contributed by atoms with van der Waals surface area (Å²) in [7, 11) is 0. The molecule has 1 aromatic heterocycles. The largest absolute Gasteiger partial charge is 0.350 e. The average molecular weight is 295 g/mol. The number of aromatic nitrogens is 1. The summed E-state index contributed by atoms with van der Waals surface area (Å²) < 4.78 is 2.15. The monoisotopic (exact) mass is 294 g/mol. The molecule has 1 saturated carbocycles. The van der Waals surface area contributed by atoms with E-state index in [2.05, 4.69) is 28.3 Å². The first kappa shape index (κ1) is 13.0. The smallest absolute Gasteiger partial charge is 0.0485 e. The van der Waals surface area contributed by atoms with Gasteiger partial charge < -0.3 is 9.88 Å². The molecule has 2 aromatic rings. The zero-order valence-corrected chi connectivity index (χ0v) is 12.1. The van der Waals surface area contributed by atoms with Crippen LogP contribution in [0.4, 0.5) is 0 Å². The lowest BCUT2D eigenvalue weighted by Crippen LogP contribution is -2.14. The van der Waals surface area contributed by atoms with Crippen molar-refractivity contribution in [3.63, 3.8) is 0 Å². The van der Waals surface area contributed by atoms with Gasteiger partial charge in [-0.2, -0.15) is 0 Å². The van der Waals surface area contributed by atoms with Crippen molar-refractivity contribution < 1.29 is 0 Å². The van der Waals surface area contributed by atoms with Crippen LogP contribution in [-0.2, 0) is 13.1 Å². The number of nitrogens with one attached hydrogen (secondary N) is 1. The quantitative estimate of drug-likeness (QED) is 0.879. The number of benzene rings is 1. The lowest BCUT2D eigenvalue weighted by Gasteiger charge is -2.06. The molecule has 0 radical (unpaired) electrons. The van der Waals surface area contributed by atoms with Crippen molar-refractivity contribution in [2.45, 2.75) is 32.0 Å². The highest BCUT2D eigenvalue weighted by molar-refractivity contribution is 6.35. The maximum atomic E-state index is 6.19. The molecule has 100 valence electrons. The van der Waals surface area contributed by atoms with Gasteiger partial charge in [-0.25, -0.2) is 0 Å². The fourth-order valence-corrected chi connectivity index (χ4v) is 2.56. The fraction of sp³-hybridized carbons (Fsp3) is 0.333. The SMILES string of the molecule is Clc1ccc(Cn2ccc(CNC3CC3)c2)c(Cl)c1. The molecule has 0 bridgehead atoms. The van der Waals surface area contributed by atoms with Crippen molar-refractivity contribution in [3.05, 3.63) is 57.8 Å². The minimum Gasteiger partial charge on any atom is -0.350 e. The van der Waals surface area contributed by atoms with Gasteiger partial charge in [-0.3, -0.25) is 0 Å². The molecule has 1 aliphatic carbocycles. The van der Waals surface area contributed by atoms with Crippen LogP contribution in [-0.4, -0.2) is 10.6 Å². The standard InChI is InChI=1S/C15H16Cl2N2/c16-13-2-1-12(15(17)7-13)10-19-6-5-11(9-19)8-18-14-3-4-14/h1-2,5-7,9,14,18H,3-4,8,10H2. The molecule has 3 rings (SSSR count). The molecule has 1 fully saturated rings. The van der Waals surface area contributed by atoms with Crippen LogP contribution in [0, 0.1) is 0 Å². The summed E-state index contributed by atoms with van der Waals surface area (Å²) in [4.78, 5) is 0. The zero-order chi connectivity index (χ0) is 13.2. The van der Waals surface area contributed by atoms with Crippen molar-refractivity contribution in [3.8, 4) is 0 Å². The Hall–Kier alpha value is -0.960. The third-order valence-corrected chi connectivity index (χ3v) is 3.94. The molecule has 1 aromatic carbocycles. The molecule has 0 aliphatic heterocycles. The molecule has 0 saturated heterocycles. The predicted octanol–water partition coefficient (Wildman–Crippen LogP) is 4.10. The van der Waals surface area contributed by atoms with Gasteiger partial charge in [-0.1, -0.05) is 29.3 Å². The third-order valence-electron chi connectivity index (χ3n) is 3.35. The Morgan fingerprint density at radius 1 is 1.21 bits per heavy atom. The number of hydrogen-bond donors (Lipinski definition) is 1. The highest BCUT2D eigenvalue weighted by Crippen LogP contribution is 2.22. The normalized spacial score (nSPS) is 14.8. The van der Waals surface area contributed by atoms with E-state index in [1.165, 1.54) is 18.4 Å². The molecule has 4 heteroatoms. The van der Waals surface area contributed by atoms with Gasteiger partial charge in [-0.15, -0.1) is 0 Å². The summed E-state index contributed by atoms with van der Waals surface area (Å²) >= 11 is 12.1. The number of halogens is 2. The Bertz CT molecular complexity index is 573. The lowest BCUT2D eigenvalue weighted by molar-refractivity contribution is 0.685. The molecule has 2 nitrogen and oxygen atoms in total. The first-order chi connectivity index (χ1) is 9.20. The summed E-state index contributed by atoms with van der Waals surface area (Å²) in [5.74, 6) is 0. The Morgan fingerprint density at radius 2 is 2.05 bits per heavy atom. The minimum absolute atomic E-state index is 0.676. The summed E-state index contributed by atoms with van der Waals surface area (Å²) in [6.07, 6.45) is 6.90. The fourth-order valence-electron chi connectivity index (χ4n) is 2.09. The summed E-state index contributed by atoms with van der Waals surface area (Å²) in [5.41, 5.74) is 2.40. The second kappa shape index (κ2) is 5.58. The number of hydrogen-bond acceptors (Lipinski definition) is 1. The van der Waals surface area contributed by atoms with E-state index in [1.54, 1.807) is 6.07 Å². The van der Waals surface area contributed by atoms with E-state index < -0.39 is 0 Å². The maximum absolute atomic E-state index is 6.19. The van der Waals surface area contributed by atoms with E-state index in [9.17, 15) is 0 Å². The first-order valence-corrected chi connectivity index (χ1v) is 7.28. The van der Waals surface area contributed by atoms with Crippen molar-refractivity contribution in [1.29, 1.82) is 0 Å². The topological polar surface area (TPSA) is 17.0 Å². The van der Waals surface area contributed by atoms with Gasteiger partial charge in [0, 0.05) is 41.6 Å². The average Bonchev–Trinajstić information content (AvgIpc) is 3.10. The molecule has 0 unspecified atom stereocenters. The van der Waals surface area contributed by atoms with Gasteiger partial charge in [0.1, 0.15) is 0 Å². The van der Waals surface area contributed by atoms with E-state index in [4.69, 9.17) is 23.2 Å². The molecule has 19 heavy (non-hydrogen) atoms. The van der Waals surface area contributed by atoms with Gasteiger partial charge in [-0.05, 0) is 42.2 Å². The van der Waals surface area contributed by atoms with Crippen molar-refractivity contribution in [1.82, 2.24) is 9.88 Å². The highest BCUT2D eigenvalue weighted by atomic mass is 35.5. The molecule has 0 amide bonds. The molecule has 1 N–H and O–H groups in total. The third kappa shape index (κ3) is 3.53. The van der Waals surface area contributed by atoms with Gasteiger partial charge >= 0.3 is 0 Å². The van der Waals surface area contributed by atoms with Gasteiger partial charge in [0.05, 0.1) is 0 Å². The van der Waals surface area contributed by atoms with E-state index in [-0.39, 0.29) is 0 Å². The van der Waals surface area contributed by atoms with E-state index in [0.29, 0.717) is 5.02 Å². The van der Waals surface area contributed by atoms with Crippen LogP contribution >= 0.6 is 23.2 Å². The van der Waals surface area contributed by atoms with Crippen LogP contribution in [0.2, 0.25) is 10.0 Å². The maximum Gasteiger partial charge on any atom is 0.0485 e. The van der Waals surface area contributed by atoms with Crippen LogP contribution in [0.3, 0.4) is 0 Å². The van der Waals surface area contributed by atoms with Crippen molar-refractivity contribution in [2.75, 3.05) is 0 Å². The summed E-state index contributed by atoms with van der Waals surface area (Å²) in [5, 5.41) is 4.91. The Morgan fingerprint density at radius 3 is 2.79 bits per heavy atom. The van der Waals surface area contributed by atoms with Gasteiger partial charge in [0.25, 0.3) is 0 Å². The van der Waals surface area contributed by atoms with E-state index >= 15 is 0 Å². The number of nitrogens with zero attached hydrogens (tertiary/aromatic N) is 1. The molecular formula is C15H16Cl2N2. The van der Waals surface area contributed by atoms with Crippen LogP contribution in [0.1, 0.15) is 24.0 Å². The van der Waals surface area contributed by atoms with Crippen LogP contribution in [0.5, 0.6) is 0 Å². The Kier molecular flexibility index (Phi) is 3.83. The van der Waals surface area contributed by atoms with Crippen LogP contribution < -0.4 is 5.32 Å². The van der Waals surface area contributed by atoms with Crippen LogP contribution in [0.25, 0.3) is 0 Å².